The number of anilines is 1. The highest BCUT2D eigenvalue weighted by molar-refractivity contribution is 5.92. The molecule has 0 aliphatic rings. The lowest BCUT2D eigenvalue weighted by Gasteiger charge is -2.15. The van der Waals surface area contributed by atoms with Gasteiger partial charge in [-0.2, -0.15) is 0 Å². The van der Waals surface area contributed by atoms with Crippen LogP contribution in [0.3, 0.4) is 0 Å². The van der Waals surface area contributed by atoms with Gasteiger partial charge in [0.15, 0.2) is 0 Å². The maximum Gasteiger partial charge on any atom is 0.331 e. The smallest absolute Gasteiger partial charge is 0.324 e. The summed E-state index contributed by atoms with van der Waals surface area (Å²) in [6.45, 7) is 6.29. The number of hydrogen-bond acceptors (Lipinski definition) is 3. The fraction of sp³-hybridized carbons (Fsp3) is 0.348. The van der Waals surface area contributed by atoms with Crippen LogP contribution in [0.25, 0.3) is 10.9 Å². The van der Waals surface area contributed by atoms with Gasteiger partial charge in [0, 0.05) is 12.2 Å². The Bertz CT molecular complexity index is 1140. The molecule has 6 nitrogen and oxygen atoms in total. The Labute approximate surface area is 169 Å². The zero-order chi connectivity index (χ0) is 21.0. The Morgan fingerprint density at radius 2 is 1.69 bits per heavy atom. The molecule has 6 heteroatoms. The van der Waals surface area contributed by atoms with Crippen molar-refractivity contribution in [3.8, 4) is 0 Å². The van der Waals surface area contributed by atoms with Crippen molar-refractivity contribution in [3.05, 3.63) is 74.9 Å². The Morgan fingerprint density at radius 3 is 2.41 bits per heavy atom. The molecular weight excluding hydrogens is 366 g/mol. The van der Waals surface area contributed by atoms with E-state index in [-0.39, 0.29) is 18.0 Å². The minimum atomic E-state index is -0.451. The second kappa shape index (κ2) is 8.90. The minimum absolute atomic E-state index is 0.153. The van der Waals surface area contributed by atoms with E-state index in [1.54, 1.807) is 24.3 Å². The maximum absolute atomic E-state index is 13.1. The van der Waals surface area contributed by atoms with Crippen LogP contribution in [0.4, 0.5) is 5.69 Å². The molecule has 0 aliphatic carbocycles. The van der Waals surface area contributed by atoms with Gasteiger partial charge in [0.1, 0.15) is 6.54 Å². The number of aromatic nitrogens is 2. The third-order valence-corrected chi connectivity index (χ3v) is 5.04. The van der Waals surface area contributed by atoms with Crippen molar-refractivity contribution in [2.24, 2.45) is 5.92 Å². The number of nitrogens with one attached hydrogen (secondary N) is 1. The van der Waals surface area contributed by atoms with E-state index in [0.717, 1.165) is 17.7 Å². The first kappa shape index (κ1) is 20.6. The summed E-state index contributed by atoms with van der Waals surface area (Å²) in [7, 11) is 0. The highest BCUT2D eigenvalue weighted by Gasteiger charge is 2.16. The quantitative estimate of drug-likeness (QED) is 0.669. The number of nitrogens with zero attached hydrogens (tertiary/aromatic N) is 2. The molecule has 2 aromatic carbocycles. The van der Waals surface area contributed by atoms with E-state index in [4.69, 9.17) is 0 Å². The molecule has 0 fully saturated rings. The van der Waals surface area contributed by atoms with Crippen LogP contribution in [0.1, 0.15) is 32.8 Å². The molecule has 0 spiro atoms. The van der Waals surface area contributed by atoms with E-state index >= 15 is 0 Å². The predicted molar refractivity (Wildman–Crippen MR) is 116 cm³/mol. The number of rotatable bonds is 7. The molecule has 0 bridgehead atoms. The van der Waals surface area contributed by atoms with Gasteiger partial charge in [-0.15, -0.1) is 0 Å². The molecule has 0 atom stereocenters. The molecule has 0 unspecified atom stereocenters. The molecule has 1 aromatic heterocycles. The second-order valence-electron chi connectivity index (χ2n) is 7.58. The minimum Gasteiger partial charge on any atom is -0.324 e. The van der Waals surface area contributed by atoms with E-state index < -0.39 is 5.69 Å². The van der Waals surface area contributed by atoms with Crippen LogP contribution in [-0.2, 0) is 24.3 Å². The van der Waals surface area contributed by atoms with Gasteiger partial charge in [0.2, 0.25) is 5.91 Å². The molecule has 29 heavy (non-hydrogen) atoms. The van der Waals surface area contributed by atoms with Gasteiger partial charge < -0.3 is 5.32 Å². The maximum atomic E-state index is 13.1. The van der Waals surface area contributed by atoms with Gasteiger partial charge in [-0.05, 0) is 42.5 Å². The van der Waals surface area contributed by atoms with Crippen molar-refractivity contribution in [2.45, 2.75) is 46.7 Å². The first-order chi connectivity index (χ1) is 13.9. The molecule has 1 amide bonds. The van der Waals surface area contributed by atoms with Crippen LogP contribution in [0, 0.1) is 5.92 Å². The van der Waals surface area contributed by atoms with Gasteiger partial charge in [0.05, 0.1) is 10.9 Å². The summed E-state index contributed by atoms with van der Waals surface area (Å²) in [5.74, 6) is 0.0577. The van der Waals surface area contributed by atoms with Crippen LogP contribution in [0.5, 0.6) is 0 Å². The lowest BCUT2D eigenvalue weighted by molar-refractivity contribution is -0.116. The highest BCUT2D eigenvalue weighted by atomic mass is 16.2. The molecule has 3 aromatic rings. The molecule has 0 saturated heterocycles. The van der Waals surface area contributed by atoms with Crippen molar-refractivity contribution in [3.63, 3.8) is 0 Å². The van der Waals surface area contributed by atoms with Crippen molar-refractivity contribution >= 4 is 22.5 Å². The molecule has 1 heterocycles. The Morgan fingerprint density at radius 1 is 1.00 bits per heavy atom. The fourth-order valence-electron chi connectivity index (χ4n) is 3.39. The fourth-order valence-corrected chi connectivity index (χ4v) is 3.39. The average Bonchev–Trinajstić information content (AvgIpc) is 2.71. The van der Waals surface area contributed by atoms with Crippen LogP contribution in [-0.4, -0.2) is 15.0 Å². The molecule has 0 saturated carbocycles. The van der Waals surface area contributed by atoms with E-state index in [9.17, 15) is 14.4 Å². The third-order valence-electron chi connectivity index (χ3n) is 5.04. The van der Waals surface area contributed by atoms with Crippen molar-refractivity contribution in [2.75, 3.05) is 5.32 Å². The molecule has 152 valence electrons. The molecular formula is C23H27N3O3. The van der Waals surface area contributed by atoms with Crippen LogP contribution in [0.15, 0.2) is 58.1 Å². The van der Waals surface area contributed by atoms with E-state index in [1.807, 2.05) is 45.0 Å². The van der Waals surface area contributed by atoms with Crippen LogP contribution >= 0.6 is 0 Å². The monoisotopic (exact) mass is 393 g/mol. The second-order valence-corrected chi connectivity index (χ2v) is 7.58. The third kappa shape index (κ3) is 4.47. The lowest BCUT2D eigenvalue weighted by atomic mass is 10.1. The number of fused-ring (bicyclic) bond motifs is 1. The largest absolute Gasteiger partial charge is 0.331 e. The average molecular weight is 393 g/mol. The van der Waals surface area contributed by atoms with E-state index in [2.05, 4.69) is 5.32 Å². The number of hydrogen-bond donors (Lipinski definition) is 1. The number of carbonyl (C=O) groups is 1. The van der Waals surface area contributed by atoms with Gasteiger partial charge in [-0.3, -0.25) is 18.7 Å². The highest BCUT2D eigenvalue weighted by Crippen LogP contribution is 2.16. The van der Waals surface area contributed by atoms with Gasteiger partial charge in [-0.25, -0.2) is 4.79 Å². The van der Waals surface area contributed by atoms with E-state index in [1.165, 1.54) is 9.13 Å². The summed E-state index contributed by atoms with van der Waals surface area (Å²) in [5, 5.41) is 3.34. The topological polar surface area (TPSA) is 73.1 Å². The molecule has 1 N–H and O–H groups in total. The first-order valence-corrected chi connectivity index (χ1v) is 10.0. The van der Waals surface area contributed by atoms with Crippen molar-refractivity contribution < 1.29 is 4.79 Å². The van der Waals surface area contributed by atoms with Gasteiger partial charge >= 0.3 is 5.69 Å². The number of carbonyl (C=O) groups excluding carboxylic acids is 1. The molecule has 3 rings (SSSR count). The number of aryl methyl sites for hydroxylation is 1. The predicted octanol–water partition coefficient (Wildman–Crippen LogP) is 3.41. The Kier molecular flexibility index (Phi) is 6.32. The number of amides is 1. The SMILES string of the molecule is CCc1ccccc1NC(=O)Cn1c(=O)n(CCC(C)C)c(=O)c2ccccc21. The summed E-state index contributed by atoms with van der Waals surface area (Å²) >= 11 is 0. The Hall–Kier alpha value is -3.15. The summed E-state index contributed by atoms with van der Waals surface area (Å²) in [4.78, 5) is 38.6. The first-order valence-electron chi connectivity index (χ1n) is 10.0. The van der Waals surface area contributed by atoms with Crippen LogP contribution in [0.2, 0.25) is 0 Å². The van der Waals surface area contributed by atoms with Crippen molar-refractivity contribution in [1.29, 1.82) is 0 Å². The zero-order valence-corrected chi connectivity index (χ0v) is 17.1. The molecule has 0 radical (unpaired) electrons. The van der Waals surface area contributed by atoms with Crippen molar-refractivity contribution in [1.82, 2.24) is 9.13 Å². The number of benzene rings is 2. The Balaban J connectivity index is 2.01. The van der Waals surface area contributed by atoms with Crippen LogP contribution < -0.4 is 16.6 Å². The summed E-state index contributed by atoms with van der Waals surface area (Å²) in [6, 6.07) is 14.5. The summed E-state index contributed by atoms with van der Waals surface area (Å²) in [5.41, 5.74) is 1.49. The normalized spacial score (nSPS) is 11.2. The summed E-state index contributed by atoms with van der Waals surface area (Å²) < 4.78 is 2.64. The van der Waals surface area contributed by atoms with Gasteiger partial charge in [0.25, 0.3) is 5.56 Å². The zero-order valence-electron chi connectivity index (χ0n) is 17.1. The van der Waals surface area contributed by atoms with E-state index in [0.29, 0.717) is 29.8 Å². The standard InChI is InChI=1S/C23H27N3O3/c1-4-17-9-5-7-11-19(17)24-21(27)15-26-20-12-8-6-10-18(20)22(28)25(23(26)29)14-13-16(2)3/h5-12,16H,4,13-15H2,1-3H3,(H,24,27). The lowest BCUT2D eigenvalue weighted by Crippen LogP contribution is -2.42. The number of para-hydroxylation sites is 2. The molecule has 0 aliphatic heterocycles. The van der Waals surface area contributed by atoms with Gasteiger partial charge in [-0.1, -0.05) is 51.1 Å². The summed E-state index contributed by atoms with van der Waals surface area (Å²) in [6.07, 6.45) is 1.50.